The normalized spacial score (nSPS) is 23.4. The highest BCUT2D eigenvalue weighted by Crippen LogP contribution is 2.32. The molecule has 5 heteroatoms. The summed E-state index contributed by atoms with van der Waals surface area (Å²) < 4.78 is 14.1. The second-order valence-corrected chi connectivity index (χ2v) is 5.31. The Kier molecular flexibility index (Phi) is 3.64. The van der Waals surface area contributed by atoms with Crippen LogP contribution < -0.4 is 16.4 Å². The molecule has 104 valence electrons. The smallest absolute Gasteiger partial charge is 0.250 e. The van der Waals surface area contributed by atoms with E-state index < -0.39 is 11.7 Å². The quantitative estimate of drug-likeness (QED) is 0.805. The summed E-state index contributed by atoms with van der Waals surface area (Å²) in [6.45, 7) is 5.01. The first-order chi connectivity index (χ1) is 8.91. The van der Waals surface area contributed by atoms with Crippen molar-refractivity contribution < 1.29 is 9.18 Å². The van der Waals surface area contributed by atoms with Crippen molar-refractivity contribution in [1.82, 2.24) is 0 Å². The number of rotatable bonds is 2. The molecule has 0 radical (unpaired) electrons. The van der Waals surface area contributed by atoms with Gasteiger partial charge in [-0.05, 0) is 37.8 Å². The number of nitrogens with zero attached hydrogens (tertiary/aromatic N) is 1. The fraction of sp³-hybridized carbons (Fsp3) is 0.500. The third kappa shape index (κ3) is 2.50. The van der Waals surface area contributed by atoms with Gasteiger partial charge in [0.15, 0.2) is 0 Å². The van der Waals surface area contributed by atoms with Crippen molar-refractivity contribution in [3.8, 4) is 0 Å². The third-order valence-corrected chi connectivity index (χ3v) is 4.07. The third-order valence-electron chi connectivity index (χ3n) is 4.07. The lowest BCUT2D eigenvalue weighted by Gasteiger charge is -2.40. The molecule has 19 heavy (non-hydrogen) atoms. The Bertz CT molecular complexity index is 504. The van der Waals surface area contributed by atoms with E-state index in [4.69, 9.17) is 11.5 Å². The van der Waals surface area contributed by atoms with Crippen molar-refractivity contribution in [2.75, 3.05) is 17.2 Å². The highest BCUT2D eigenvalue weighted by molar-refractivity contribution is 5.99. The van der Waals surface area contributed by atoms with E-state index >= 15 is 0 Å². The van der Waals surface area contributed by atoms with Gasteiger partial charge in [-0.3, -0.25) is 4.79 Å². The summed E-state index contributed by atoms with van der Waals surface area (Å²) in [5, 5.41) is 0. The first-order valence-electron chi connectivity index (χ1n) is 6.57. The summed E-state index contributed by atoms with van der Waals surface area (Å²) in [5.41, 5.74) is 11.6. The molecule has 0 bridgehead atoms. The Balaban J connectivity index is 2.44. The number of nitrogens with two attached hydrogens (primary N) is 2. The van der Waals surface area contributed by atoms with Gasteiger partial charge >= 0.3 is 0 Å². The second kappa shape index (κ2) is 5.07. The van der Waals surface area contributed by atoms with Crippen LogP contribution in [0.3, 0.4) is 0 Å². The highest BCUT2D eigenvalue weighted by atomic mass is 19.1. The van der Waals surface area contributed by atoms with Crippen molar-refractivity contribution in [3.63, 3.8) is 0 Å². The maximum absolute atomic E-state index is 14.1. The highest BCUT2D eigenvalue weighted by Gasteiger charge is 2.27. The number of carbonyl (C=O) groups excluding carboxylic acids is 1. The molecule has 0 saturated carbocycles. The fourth-order valence-electron chi connectivity index (χ4n) is 2.69. The molecule has 0 aliphatic carbocycles. The van der Waals surface area contributed by atoms with Crippen LogP contribution in [0, 0.1) is 11.7 Å². The summed E-state index contributed by atoms with van der Waals surface area (Å²) in [7, 11) is 0. The Morgan fingerprint density at radius 2 is 2.11 bits per heavy atom. The van der Waals surface area contributed by atoms with Crippen LogP contribution in [-0.2, 0) is 0 Å². The molecule has 0 aromatic heterocycles. The molecule has 4 N–H and O–H groups in total. The lowest BCUT2D eigenvalue weighted by atomic mass is 9.91. The van der Waals surface area contributed by atoms with E-state index in [1.165, 1.54) is 12.1 Å². The molecule has 1 aliphatic heterocycles. The number of nitrogen functional groups attached to an aromatic ring is 1. The van der Waals surface area contributed by atoms with Crippen molar-refractivity contribution in [3.05, 3.63) is 23.5 Å². The molecule has 1 aromatic carbocycles. The number of primary amides is 1. The molecular formula is C14H20FN3O. The molecule has 1 aliphatic rings. The molecule has 2 rings (SSSR count). The van der Waals surface area contributed by atoms with Gasteiger partial charge in [0.25, 0.3) is 5.91 Å². The van der Waals surface area contributed by atoms with Gasteiger partial charge in [0, 0.05) is 18.3 Å². The SMILES string of the molecule is CC1CCCN(c2cc(C(N)=O)c(N)cc2F)C1C. The van der Waals surface area contributed by atoms with Crippen molar-refractivity contribution >= 4 is 17.3 Å². The van der Waals surface area contributed by atoms with Crippen molar-refractivity contribution in [2.24, 2.45) is 11.7 Å². The fourth-order valence-corrected chi connectivity index (χ4v) is 2.69. The number of hydrogen-bond acceptors (Lipinski definition) is 3. The van der Waals surface area contributed by atoms with E-state index in [1.54, 1.807) is 0 Å². The molecule has 4 nitrogen and oxygen atoms in total. The Morgan fingerprint density at radius 3 is 2.74 bits per heavy atom. The van der Waals surface area contributed by atoms with E-state index in [0.717, 1.165) is 19.4 Å². The standard InChI is InChI=1S/C14H20FN3O/c1-8-4-3-5-18(9(8)2)13-6-10(14(17)19)12(16)7-11(13)15/h6-9H,3-5,16H2,1-2H3,(H2,17,19). The van der Waals surface area contributed by atoms with Crippen LogP contribution in [0.4, 0.5) is 15.8 Å². The van der Waals surface area contributed by atoms with E-state index in [9.17, 15) is 9.18 Å². The topological polar surface area (TPSA) is 72.3 Å². The molecule has 1 amide bonds. The zero-order chi connectivity index (χ0) is 14.2. The average Bonchev–Trinajstić information content (AvgIpc) is 2.33. The first-order valence-corrected chi connectivity index (χ1v) is 6.57. The number of amides is 1. The molecule has 0 spiro atoms. The monoisotopic (exact) mass is 265 g/mol. The zero-order valence-corrected chi connectivity index (χ0v) is 11.3. The minimum atomic E-state index is -0.628. The van der Waals surface area contributed by atoms with Gasteiger partial charge in [0.2, 0.25) is 0 Å². The van der Waals surface area contributed by atoms with Gasteiger partial charge < -0.3 is 16.4 Å². The second-order valence-electron chi connectivity index (χ2n) is 5.31. The summed E-state index contributed by atoms with van der Waals surface area (Å²) in [4.78, 5) is 13.3. The minimum Gasteiger partial charge on any atom is -0.398 e. The number of benzene rings is 1. The van der Waals surface area contributed by atoms with E-state index in [0.29, 0.717) is 11.6 Å². The number of piperidine rings is 1. The average molecular weight is 265 g/mol. The number of anilines is 2. The molecule has 1 heterocycles. The van der Waals surface area contributed by atoms with Gasteiger partial charge in [-0.15, -0.1) is 0 Å². The molecule has 1 aromatic rings. The van der Waals surface area contributed by atoms with Crippen LogP contribution >= 0.6 is 0 Å². The summed E-state index contributed by atoms with van der Waals surface area (Å²) in [5.74, 6) is -0.539. The maximum Gasteiger partial charge on any atom is 0.250 e. The predicted molar refractivity (Wildman–Crippen MR) is 74.5 cm³/mol. The number of carbonyl (C=O) groups is 1. The lowest BCUT2D eigenvalue weighted by Crippen LogP contribution is -2.43. The molecular weight excluding hydrogens is 245 g/mol. The van der Waals surface area contributed by atoms with Gasteiger partial charge in [-0.1, -0.05) is 6.92 Å². The van der Waals surface area contributed by atoms with Crippen LogP contribution in [0.15, 0.2) is 12.1 Å². The van der Waals surface area contributed by atoms with E-state index in [1.807, 2.05) is 4.90 Å². The first kappa shape index (κ1) is 13.6. The maximum atomic E-state index is 14.1. The van der Waals surface area contributed by atoms with Crippen molar-refractivity contribution in [1.29, 1.82) is 0 Å². The van der Waals surface area contributed by atoms with Gasteiger partial charge in [0.1, 0.15) is 5.82 Å². The number of hydrogen-bond donors (Lipinski definition) is 2. The largest absolute Gasteiger partial charge is 0.398 e. The van der Waals surface area contributed by atoms with Crippen LogP contribution in [0.25, 0.3) is 0 Å². The Morgan fingerprint density at radius 1 is 1.42 bits per heavy atom. The predicted octanol–water partition coefficient (Wildman–Crippen LogP) is 2.13. The van der Waals surface area contributed by atoms with Crippen LogP contribution in [0.1, 0.15) is 37.0 Å². The van der Waals surface area contributed by atoms with Gasteiger partial charge in [0.05, 0.1) is 11.3 Å². The van der Waals surface area contributed by atoms with Gasteiger partial charge in [-0.25, -0.2) is 4.39 Å². The minimum absolute atomic E-state index is 0.0893. The molecule has 1 fully saturated rings. The summed E-state index contributed by atoms with van der Waals surface area (Å²) in [6, 6.07) is 2.88. The Labute approximate surface area is 112 Å². The zero-order valence-electron chi connectivity index (χ0n) is 11.3. The molecule has 2 atom stereocenters. The van der Waals surface area contributed by atoms with Crippen LogP contribution in [0.5, 0.6) is 0 Å². The number of halogens is 1. The van der Waals surface area contributed by atoms with Crippen molar-refractivity contribution in [2.45, 2.75) is 32.7 Å². The van der Waals surface area contributed by atoms with Gasteiger partial charge in [-0.2, -0.15) is 0 Å². The van der Waals surface area contributed by atoms with E-state index in [-0.39, 0.29) is 17.3 Å². The molecule has 2 unspecified atom stereocenters. The van der Waals surface area contributed by atoms with Crippen LogP contribution in [-0.4, -0.2) is 18.5 Å². The van der Waals surface area contributed by atoms with E-state index in [2.05, 4.69) is 13.8 Å². The summed E-state index contributed by atoms with van der Waals surface area (Å²) in [6.07, 6.45) is 2.15. The lowest BCUT2D eigenvalue weighted by molar-refractivity contribution is 0.100. The Hall–Kier alpha value is -1.78. The molecule has 1 saturated heterocycles. The summed E-state index contributed by atoms with van der Waals surface area (Å²) >= 11 is 0. The van der Waals surface area contributed by atoms with Crippen LogP contribution in [0.2, 0.25) is 0 Å².